The van der Waals surface area contributed by atoms with E-state index in [2.05, 4.69) is 15.6 Å². The normalized spacial score (nSPS) is 12.3. The number of hydrogen-bond donors (Lipinski definition) is 3. The van der Waals surface area contributed by atoms with Crippen LogP contribution >= 0.6 is 11.6 Å². The molecule has 0 saturated carbocycles. The summed E-state index contributed by atoms with van der Waals surface area (Å²) in [6.45, 7) is 1.29. The minimum Gasteiger partial charge on any atom is -0.271 e. The van der Waals surface area contributed by atoms with Gasteiger partial charge in [-0.2, -0.15) is 4.72 Å². The molecule has 3 N–H and O–H groups in total. The Morgan fingerprint density at radius 3 is 2.27 bits per heavy atom. The third kappa shape index (κ3) is 5.01. The Labute approximate surface area is 154 Å². The topological polar surface area (TPSA) is 104 Å². The zero-order valence-corrected chi connectivity index (χ0v) is 15.1. The molecule has 0 unspecified atom stereocenters. The van der Waals surface area contributed by atoms with Crippen LogP contribution in [0.1, 0.15) is 17.3 Å². The zero-order chi connectivity index (χ0) is 19.3. The van der Waals surface area contributed by atoms with E-state index in [9.17, 15) is 22.4 Å². The maximum Gasteiger partial charge on any atom is 0.271 e. The molecule has 0 aliphatic carbocycles. The van der Waals surface area contributed by atoms with Gasteiger partial charge >= 0.3 is 0 Å². The molecule has 0 fully saturated rings. The van der Waals surface area contributed by atoms with Crippen molar-refractivity contribution in [2.75, 3.05) is 0 Å². The smallest absolute Gasteiger partial charge is 0.271 e. The zero-order valence-electron chi connectivity index (χ0n) is 13.5. The summed E-state index contributed by atoms with van der Waals surface area (Å²) in [6.07, 6.45) is 0. The second-order valence-electron chi connectivity index (χ2n) is 5.22. The number of carbonyl (C=O) groups is 2. The Kier molecular flexibility index (Phi) is 6.30. The minimum atomic E-state index is -4.03. The first kappa shape index (κ1) is 19.8. The van der Waals surface area contributed by atoms with E-state index < -0.39 is 33.7 Å². The molecule has 2 rings (SSSR count). The van der Waals surface area contributed by atoms with Crippen molar-refractivity contribution >= 4 is 33.4 Å². The van der Waals surface area contributed by atoms with E-state index in [1.54, 1.807) is 12.1 Å². The lowest BCUT2D eigenvalue weighted by Crippen LogP contribution is -2.51. The Morgan fingerprint density at radius 1 is 1.04 bits per heavy atom. The Hall–Kier alpha value is -2.49. The number of sulfonamides is 1. The SMILES string of the molecule is C[C@H](NS(=O)(=O)c1ccc(F)cc1)C(=O)NNC(=O)c1ccccc1Cl. The fraction of sp³-hybridized carbons (Fsp3) is 0.125. The first-order valence-electron chi connectivity index (χ1n) is 7.33. The van der Waals surface area contributed by atoms with Gasteiger partial charge in [-0.05, 0) is 43.3 Å². The van der Waals surface area contributed by atoms with Crippen molar-refractivity contribution in [2.45, 2.75) is 17.9 Å². The molecule has 26 heavy (non-hydrogen) atoms. The van der Waals surface area contributed by atoms with Crippen molar-refractivity contribution in [2.24, 2.45) is 0 Å². The van der Waals surface area contributed by atoms with Crippen molar-refractivity contribution in [3.05, 3.63) is 64.9 Å². The summed E-state index contributed by atoms with van der Waals surface area (Å²) >= 11 is 5.87. The highest BCUT2D eigenvalue weighted by Gasteiger charge is 2.22. The standard InChI is InChI=1S/C16H15ClFN3O4S/c1-10(21-26(24,25)12-8-6-11(18)7-9-12)15(22)19-20-16(23)13-4-2-3-5-14(13)17/h2-10,21H,1H3,(H,19,22)(H,20,23)/t10-/m0/s1. The van der Waals surface area contributed by atoms with Gasteiger partial charge in [0.2, 0.25) is 10.0 Å². The number of halogens is 2. The highest BCUT2D eigenvalue weighted by molar-refractivity contribution is 7.89. The summed E-state index contributed by atoms with van der Waals surface area (Å²) in [5.41, 5.74) is 4.40. The van der Waals surface area contributed by atoms with Crippen LogP contribution in [0.15, 0.2) is 53.4 Å². The summed E-state index contributed by atoms with van der Waals surface area (Å²) in [5.74, 6) is -2.04. The molecule has 0 bridgehead atoms. The molecule has 2 aromatic rings. The monoisotopic (exact) mass is 399 g/mol. The summed E-state index contributed by atoms with van der Waals surface area (Å²) in [5, 5.41) is 0.198. The van der Waals surface area contributed by atoms with Crippen molar-refractivity contribution < 1.29 is 22.4 Å². The largest absolute Gasteiger partial charge is 0.271 e. The van der Waals surface area contributed by atoms with Crippen LogP contribution in [0.3, 0.4) is 0 Å². The highest BCUT2D eigenvalue weighted by Crippen LogP contribution is 2.14. The van der Waals surface area contributed by atoms with Gasteiger partial charge in [-0.1, -0.05) is 23.7 Å². The fourth-order valence-electron chi connectivity index (χ4n) is 1.91. The predicted molar refractivity (Wildman–Crippen MR) is 93.2 cm³/mol. The van der Waals surface area contributed by atoms with E-state index >= 15 is 0 Å². The number of carbonyl (C=O) groups excluding carboxylic acids is 2. The molecule has 0 aliphatic heterocycles. The van der Waals surface area contributed by atoms with Crippen molar-refractivity contribution in [1.29, 1.82) is 0 Å². The van der Waals surface area contributed by atoms with Gasteiger partial charge in [-0.15, -0.1) is 0 Å². The van der Waals surface area contributed by atoms with Crippen LogP contribution < -0.4 is 15.6 Å². The average Bonchev–Trinajstić information content (AvgIpc) is 2.59. The van der Waals surface area contributed by atoms with Gasteiger partial charge in [-0.25, -0.2) is 12.8 Å². The molecule has 10 heteroatoms. The first-order chi connectivity index (χ1) is 12.2. The van der Waals surface area contributed by atoms with Gasteiger partial charge in [-0.3, -0.25) is 20.4 Å². The Balaban J connectivity index is 1.96. The molecule has 2 aromatic carbocycles. The number of hydrazine groups is 1. The second kappa shape index (κ2) is 8.26. The van der Waals surface area contributed by atoms with E-state index in [1.165, 1.54) is 19.1 Å². The second-order valence-corrected chi connectivity index (χ2v) is 7.34. The maximum absolute atomic E-state index is 12.9. The van der Waals surface area contributed by atoms with Gasteiger partial charge in [0, 0.05) is 0 Å². The van der Waals surface area contributed by atoms with Crippen LogP contribution in [0, 0.1) is 5.82 Å². The molecular formula is C16H15ClFN3O4S. The molecule has 0 aromatic heterocycles. The minimum absolute atomic E-state index is 0.147. The van der Waals surface area contributed by atoms with Gasteiger partial charge in [0.05, 0.1) is 21.5 Å². The molecule has 0 heterocycles. The van der Waals surface area contributed by atoms with Crippen molar-refractivity contribution in [1.82, 2.24) is 15.6 Å². The van der Waals surface area contributed by atoms with Crippen LogP contribution in [0.4, 0.5) is 4.39 Å². The van der Waals surface area contributed by atoms with Gasteiger partial charge in [0.25, 0.3) is 11.8 Å². The Morgan fingerprint density at radius 2 is 1.65 bits per heavy atom. The number of benzene rings is 2. The first-order valence-corrected chi connectivity index (χ1v) is 9.19. The molecule has 0 radical (unpaired) electrons. The van der Waals surface area contributed by atoms with Crippen molar-refractivity contribution in [3.63, 3.8) is 0 Å². The summed E-state index contributed by atoms with van der Waals surface area (Å²) in [6, 6.07) is 9.14. The summed E-state index contributed by atoms with van der Waals surface area (Å²) < 4.78 is 39.3. The van der Waals surface area contributed by atoms with Gasteiger partial charge in [0.1, 0.15) is 5.82 Å². The van der Waals surface area contributed by atoms with Crippen molar-refractivity contribution in [3.8, 4) is 0 Å². The third-order valence-corrected chi connectivity index (χ3v) is 5.15. The molecule has 0 spiro atoms. The highest BCUT2D eigenvalue weighted by atomic mass is 35.5. The fourth-order valence-corrected chi connectivity index (χ4v) is 3.33. The van der Waals surface area contributed by atoms with E-state index in [4.69, 9.17) is 11.6 Å². The summed E-state index contributed by atoms with van der Waals surface area (Å²) in [7, 11) is -4.03. The molecule has 0 aliphatic rings. The van der Waals surface area contributed by atoms with E-state index in [0.717, 1.165) is 24.3 Å². The number of amides is 2. The van der Waals surface area contributed by atoms with E-state index in [-0.39, 0.29) is 15.5 Å². The predicted octanol–water partition coefficient (Wildman–Crippen LogP) is 1.61. The van der Waals surface area contributed by atoms with Crippen LogP contribution in [-0.2, 0) is 14.8 Å². The Bertz CT molecular complexity index is 919. The number of rotatable bonds is 5. The quantitative estimate of drug-likeness (QED) is 0.664. The van der Waals surface area contributed by atoms with Crippen LogP contribution in [0.5, 0.6) is 0 Å². The average molecular weight is 400 g/mol. The molecule has 0 saturated heterocycles. The lowest BCUT2D eigenvalue weighted by Gasteiger charge is -2.15. The van der Waals surface area contributed by atoms with Gasteiger partial charge in [0.15, 0.2) is 0 Å². The number of hydrogen-bond acceptors (Lipinski definition) is 4. The van der Waals surface area contributed by atoms with E-state index in [0.29, 0.717) is 0 Å². The lowest BCUT2D eigenvalue weighted by atomic mass is 10.2. The van der Waals surface area contributed by atoms with Gasteiger partial charge < -0.3 is 0 Å². The lowest BCUT2D eigenvalue weighted by molar-refractivity contribution is -0.123. The van der Waals surface area contributed by atoms with Crippen LogP contribution in [0.2, 0.25) is 5.02 Å². The molecular weight excluding hydrogens is 385 g/mol. The van der Waals surface area contributed by atoms with E-state index in [1.807, 2.05) is 0 Å². The van der Waals surface area contributed by atoms with Crippen LogP contribution in [-0.4, -0.2) is 26.3 Å². The molecule has 138 valence electrons. The number of nitrogens with one attached hydrogen (secondary N) is 3. The van der Waals surface area contributed by atoms with Crippen LogP contribution in [0.25, 0.3) is 0 Å². The third-order valence-electron chi connectivity index (χ3n) is 3.27. The molecule has 1 atom stereocenters. The summed E-state index contributed by atoms with van der Waals surface area (Å²) in [4.78, 5) is 23.7. The molecule has 7 nitrogen and oxygen atoms in total. The maximum atomic E-state index is 12.9. The molecule has 2 amide bonds.